The van der Waals surface area contributed by atoms with Crippen LogP contribution in [-0.2, 0) is 6.54 Å². The fourth-order valence-electron chi connectivity index (χ4n) is 2.71. The zero-order valence-electron chi connectivity index (χ0n) is 14.3. The zero-order chi connectivity index (χ0) is 17.2. The van der Waals surface area contributed by atoms with Crippen LogP contribution >= 0.6 is 11.3 Å². The first-order valence-electron chi connectivity index (χ1n) is 8.46. The van der Waals surface area contributed by atoms with Crippen molar-refractivity contribution in [3.05, 3.63) is 54.0 Å². The number of hydrogen-bond acceptors (Lipinski definition) is 5. The predicted molar refractivity (Wildman–Crippen MR) is 102 cm³/mol. The molecule has 0 fully saturated rings. The molecule has 126 valence electrons. The van der Waals surface area contributed by atoms with E-state index in [9.17, 15) is 0 Å². The lowest BCUT2D eigenvalue weighted by atomic mass is 10.2. The van der Waals surface area contributed by atoms with E-state index in [4.69, 9.17) is 9.98 Å². The van der Waals surface area contributed by atoms with E-state index >= 15 is 0 Å². The predicted octanol–water partition coefficient (Wildman–Crippen LogP) is 4.38. The maximum absolute atomic E-state index is 4.84. The van der Waals surface area contributed by atoms with Gasteiger partial charge in [0, 0.05) is 25.1 Å². The lowest BCUT2D eigenvalue weighted by molar-refractivity contribution is 0.596. The fourth-order valence-corrected chi connectivity index (χ4v) is 3.69. The van der Waals surface area contributed by atoms with E-state index in [2.05, 4.69) is 46.7 Å². The van der Waals surface area contributed by atoms with Crippen LogP contribution in [0.1, 0.15) is 25.3 Å². The highest BCUT2D eigenvalue weighted by atomic mass is 32.1. The normalized spacial score (nSPS) is 12.3. The first-order chi connectivity index (χ1) is 12.2. The number of unbranched alkanes of at least 4 members (excludes halogenated alkanes) is 1. The third-order valence-corrected chi connectivity index (χ3v) is 5.10. The van der Waals surface area contributed by atoms with Crippen molar-refractivity contribution in [3.63, 3.8) is 0 Å². The molecule has 5 nitrogen and oxygen atoms in total. The van der Waals surface area contributed by atoms with E-state index in [1.807, 2.05) is 12.1 Å². The topological polar surface area (TPSA) is 56.0 Å². The minimum Gasteiger partial charge on any atom is -0.316 e. The van der Waals surface area contributed by atoms with Crippen molar-refractivity contribution in [1.82, 2.24) is 19.5 Å². The van der Waals surface area contributed by atoms with Crippen molar-refractivity contribution in [2.75, 3.05) is 0 Å². The van der Waals surface area contributed by atoms with Crippen LogP contribution in [0.2, 0.25) is 0 Å². The van der Waals surface area contributed by atoms with Crippen LogP contribution in [0.25, 0.3) is 20.6 Å². The average molecular weight is 349 g/mol. The maximum Gasteiger partial charge on any atom is 0.230 e. The summed E-state index contributed by atoms with van der Waals surface area (Å²) in [6.45, 7) is 5.17. The van der Waals surface area contributed by atoms with Crippen LogP contribution in [0.4, 0.5) is 5.69 Å². The van der Waals surface area contributed by atoms with Gasteiger partial charge in [-0.2, -0.15) is 0 Å². The first kappa shape index (κ1) is 15.9. The number of hydrogen-bond donors (Lipinski definition) is 0. The van der Waals surface area contributed by atoms with Crippen LogP contribution in [0.5, 0.6) is 0 Å². The second-order valence-corrected chi connectivity index (χ2v) is 7.09. The molecule has 0 aliphatic heterocycles. The van der Waals surface area contributed by atoms with Gasteiger partial charge in [-0.1, -0.05) is 31.0 Å². The molecular weight excluding hydrogens is 330 g/mol. The van der Waals surface area contributed by atoms with Crippen LogP contribution in [0, 0.1) is 6.92 Å². The van der Waals surface area contributed by atoms with Crippen LogP contribution in [-0.4, -0.2) is 19.5 Å². The summed E-state index contributed by atoms with van der Waals surface area (Å²) in [5.41, 5.74) is 4.58. The number of aromatic nitrogens is 4. The Morgan fingerprint density at radius 2 is 1.88 bits per heavy atom. The van der Waals surface area contributed by atoms with Gasteiger partial charge in [-0.05, 0) is 25.5 Å². The van der Waals surface area contributed by atoms with Crippen molar-refractivity contribution in [1.29, 1.82) is 0 Å². The summed E-state index contributed by atoms with van der Waals surface area (Å²) in [5, 5.41) is 0. The number of nitrogens with zero attached hydrogens (tertiary/aromatic N) is 5. The van der Waals surface area contributed by atoms with Crippen LogP contribution in [0.15, 0.2) is 47.8 Å². The number of fused-ring (bicyclic) bond motifs is 3. The molecule has 1 aromatic carbocycles. The Labute approximate surface area is 149 Å². The monoisotopic (exact) mass is 349 g/mol. The van der Waals surface area contributed by atoms with Crippen molar-refractivity contribution >= 4 is 37.6 Å². The Bertz CT molecular complexity index is 1090. The Morgan fingerprint density at radius 3 is 2.68 bits per heavy atom. The van der Waals surface area contributed by atoms with Crippen LogP contribution < -0.4 is 5.62 Å². The molecule has 0 saturated carbocycles. The van der Waals surface area contributed by atoms with Crippen molar-refractivity contribution in [2.45, 2.75) is 33.2 Å². The van der Waals surface area contributed by atoms with Gasteiger partial charge in [-0.25, -0.2) is 19.9 Å². The highest BCUT2D eigenvalue weighted by Gasteiger charge is 2.10. The maximum atomic E-state index is 4.84. The van der Waals surface area contributed by atoms with Crippen molar-refractivity contribution in [2.24, 2.45) is 4.99 Å². The van der Waals surface area contributed by atoms with E-state index in [0.29, 0.717) is 0 Å². The van der Waals surface area contributed by atoms with E-state index in [1.54, 1.807) is 23.7 Å². The third kappa shape index (κ3) is 3.17. The van der Waals surface area contributed by atoms with Gasteiger partial charge < -0.3 is 4.57 Å². The van der Waals surface area contributed by atoms with Gasteiger partial charge in [-0.3, -0.25) is 0 Å². The Morgan fingerprint density at radius 1 is 1.08 bits per heavy atom. The lowest BCUT2D eigenvalue weighted by Crippen LogP contribution is -2.23. The van der Waals surface area contributed by atoms with Gasteiger partial charge in [0.1, 0.15) is 15.9 Å². The summed E-state index contributed by atoms with van der Waals surface area (Å²) in [4.78, 5) is 19.4. The molecule has 3 aromatic heterocycles. The quantitative estimate of drug-likeness (QED) is 0.549. The number of aryl methyl sites for hydroxylation is 2. The molecule has 0 N–H and O–H groups in total. The van der Waals surface area contributed by atoms with Crippen molar-refractivity contribution < 1.29 is 0 Å². The van der Waals surface area contributed by atoms with Gasteiger partial charge in [-0.15, -0.1) is 11.3 Å². The Balaban J connectivity index is 1.95. The third-order valence-electron chi connectivity index (χ3n) is 4.09. The molecule has 4 rings (SSSR count). The summed E-state index contributed by atoms with van der Waals surface area (Å²) in [6.07, 6.45) is 7.80. The standard InChI is InChI=1S/C19H19N5S/c1-3-4-11-24-12-15-16(17-18(25-15)21-10-9-20-17)23-19(24)22-14-7-5-13(2)6-8-14/h5-10,12H,3-4,11H2,1-2H3. The first-order valence-corrected chi connectivity index (χ1v) is 9.28. The molecule has 0 aliphatic rings. The number of rotatable bonds is 4. The summed E-state index contributed by atoms with van der Waals surface area (Å²) in [6, 6.07) is 8.19. The van der Waals surface area contributed by atoms with Gasteiger partial charge in [0.05, 0.1) is 10.4 Å². The molecule has 0 saturated heterocycles. The van der Waals surface area contributed by atoms with E-state index in [0.717, 1.165) is 51.3 Å². The molecule has 3 heterocycles. The molecule has 25 heavy (non-hydrogen) atoms. The molecule has 0 atom stereocenters. The highest BCUT2D eigenvalue weighted by molar-refractivity contribution is 7.25. The fraction of sp³-hybridized carbons (Fsp3) is 0.263. The second-order valence-electron chi connectivity index (χ2n) is 6.06. The average Bonchev–Trinajstić information content (AvgIpc) is 2.99. The smallest absolute Gasteiger partial charge is 0.230 e. The molecule has 0 amide bonds. The zero-order valence-corrected chi connectivity index (χ0v) is 15.1. The van der Waals surface area contributed by atoms with Gasteiger partial charge in [0.2, 0.25) is 5.62 Å². The molecule has 0 radical (unpaired) electrons. The molecule has 0 spiro atoms. The molecule has 0 bridgehead atoms. The Kier molecular flexibility index (Phi) is 4.28. The minimum absolute atomic E-state index is 0.718. The largest absolute Gasteiger partial charge is 0.316 e. The van der Waals surface area contributed by atoms with Gasteiger partial charge in [0.25, 0.3) is 0 Å². The van der Waals surface area contributed by atoms with Gasteiger partial charge in [0.15, 0.2) is 0 Å². The van der Waals surface area contributed by atoms with Crippen molar-refractivity contribution in [3.8, 4) is 0 Å². The molecule has 4 aromatic rings. The highest BCUT2D eigenvalue weighted by Crippen LogP contribution is 2.28. The molecular formula is C19H19N5S. The molecule has 0 unspecified atom stereocenters. The van der Waals surface area contributed by atoms with Gasteiger partial charge >= 0.3 is 0 Å². The second kappa shape index (κ2) is 6.72. The minimum atomic E-state index is 0.718. The van der Waals surface area contributed by atoms with E-state index < -0.39 is 0 Å². The number of benzene rings is 1. The van der Waals surface area contributed by atoms with E-state index in [-0.39, 0.29) is 0 Å². The summed E-state index contributed by atoms with van der Waals surface area (Å²) < 4.78 is 3.24. The number of thiophene rings is 1. The summed E-state index contributed by atoms with van der Waals surface area (Å²) in [5.74, 6) is 0. The van der Waals surface area contributed by atoms with Crippen LogP contribution in [0.3, 0.4) is 0 Å². The summed E-state index contributed by atoms with van der Waals surface area (Å²) in [7, 11) is 0. The lowest BCUT2D eigenvalue weighted by Gasteiger charge is -2.06. The summed E-state index contributed by atoms with van der Waals surface area (Å²) >= 11 is 1.63. The molecule has 6 heteroatoms. The van der Waals surface area contributed by atoms with E-state index in [1.165, 1.54) is 5.56 Å². The Hall–Kier alpha value is -2.60. The molecule has 0 aliphatic carbocycles. The SMILES string of the molecule is CCCCn1cc2sc3nccnc3c2nc1=Nc1ccc(C)cc1.